The molecule has 0 rings (SSSR count). The van der Waals surface area contributed by atoms with Gasteiger partial charge in [0, 0.05) is 13.3 Å². The summed E-state index contributed by atoms with van der Waals surface area (Å²) in [5, 5.41) is 0. The number of hydrogen-bond acceptors (Lipinski definition) is 2. The molecule has 0 aromatic carbocycles. The van der Waals surface area contributed by atoms with Gasteiger partial charge in [0.15, 0.2) is 0 Å². The Bertz CT molecular complexity index is 280. The van der Waals surface area contributed by atoms with E-state index in [0.717, 1.165) is 0 Å². The summed E-state index contributed by atoms with van der Waals surface area (Å²) in [6.07, 6.45) is -8.53. The fourth-order valence-corrected chi connectivity index (χ4v) is 0.914. The Kier molecular flexibility index (Phi) is 5.42. The Morgan fingerprint density at radius 1 is 1.06 bits per heavy atom. The van der Waals surface area contributed by atoms with Crippen LogP contribution in [-0.4, -0.2) is 30.6 Å². The van der Waals surface area contributed by atoms with Crippen molar-refractivity contribution < 1.29 is 40.3 Å². The van der Waals surface area contributed by atoms with Gasteiger partial charge in [-0.05, 0) is 6.42 Å². The van der Waals surface area contributed by atoms with Crippen LogP contribution in [0, 0.1) is 0 Å². The molecular weight excluding hydrogens is 273 g/mol. The summed E-state index contributed by atoms with van der Waals surface area (Å²) in [5.74, 6) is -10.2. The van der Waals surface area contributed by atoms with E-state index >= 15 is 0 Å². The van der Waals surface area contributed by atoms with Crippen LogP contribution in [0.5, 0.6) is 0 Å². The van der Waals surface area contributed by atoms with Gasteiger partial charge in [-0.25, -0.2) is 8.78 Å². The van der Waals surface area contributed by atoms with Crippen LogP contribution in [0.1, 0.15) is 26.2 Å². The van der Waals surface area contributed by atoms with Crippen molar-refractivity contribution >= 4 is 5.97 Å². The van der Waals surface area contributed by atoms with Crippen molar-refractivity contribution in [1.82, 2.24) is 0 Å². The van der Waals surface area contributed by atoms with Crippen LogP contribution in [0.3, 0.4) is 0 Å². The number of halogens is 7. The molecule has 0 spiro atoms. The zero-order chi connectivity index (χ0) is 14.6. The second-order valence-corrected chi connectivity index (χ2v) is 3.71. The number of ether oxygens (including phenoxy) is 1. The highest BCUT2D eigenvalue weighted by atomic mass is 19.4. The molecule has 0 amide bonds. The van der Waals surface area contributed by atoms with Gasteiger partial charge in [0.05, 0.1) is 6.61 Å². The van der Waals surface area contributed by atoms with Gasteiger partial charge in [-0.3, -0.25) is 4.79 Å². The molecule has 0 fully saturated rings. The van der Waals surface area contributed by atoms with Crippen molar-refractivity contribution in [1.29, 1.82) is 0 Å². The van der Waals surface area contributed by atoms with E-state index in [-0.39, 0.29) is 6.92 Å². The molecule has 108 valence electrons. The minimum Gasteiger partial charge on any atom is -0.465 e. The third-order valence-electron chi connectivity index (χ3n) is 1.89. The quantitative estimate of drug-likeness (QED) is 0.423. The lowest BCUT2D eigenvalue weighted by atomic mass is 10.1. The highest BCUT2D eigenvalue weighted by Crippen LogP contribution is 2.37. The monoisotopic (exact) mass is 284 g/mol. The highest BCUT2D eigenvalue weighted by Gasteiger charge is 2.51. The van der Waals surface area contributed by atoms with Gasteiger partial charge >= 0.3 is 24.0 Å². The molecule has 18 heavy (non-hydrogen) atoms. The molecule has 0 aromatic rings. The summed E-state index contributed by atoms with van der Waals surface area (Å²) in [4.78, 5) is 10.5. The molecule has 0 aliphatic rings. The molecule has 0 saturated heterocycles. The van der Waals surface area contributed by atoms with Crippen molar-refractivity contribution in [2.45, 2.75) is 44.2 Å². The zero-order valence-electron chi connectivity index (χ0n) is 9.29. The molecule has 9 heteroatoms. The first-order valence-corrected chi connectivity index (χ1v) is 4.83. The first-order valence-electron chi connectivity index (χ1n) is 4.83. The van der Waals surface area contributed by atoms with Gasteiger partial charge in [-0.15, -0.1) is 0 Å². The molecule has 0 N–H and O–H groups in total. The molecule has 0 radical (unpaired) electrons. The molecule has 0 aliphatic heterocycles. The number of rotatable bonds is 6. The van der Waals surface area contributed by atoms with Crippen molar-refractivity contribution in [3.63, 3.8) is 0 Å². The first kappa shape index (κ1) is 17.0. The predicted octanol–water partition coefficient (Wildman–Crippen LogP) is 3.55. The first-order chi connectivity index (χ1) is 7.85. The molecule has 0 bridgehead atoms. The maximum Gasteiger partial charge on any atom is 0.399 e. The lowest BCUT2D eigenvalue weighted by molar-refractivity contribution is -0.202. The molecule has 0 heterocycles. The van der Waals surface area contributed by atoms with E-state index in [0.29, 0.717) is 0 Å². The number of esters is 1. The van der Waals surface area contributed by atoms with Gasteiger partial charge in [0.2, 0.25) is 0 Å². The van der Waals surface area contributed by atoms with E-state index in [1.807, 2.05) is 0 Å². The van der Waals surface area contributed by atoms with Gasteiger partial charge in [-0.2, -0.15) is 22.0 Å². The van der Waals surface area contributed by atoms with Crippen LogP contribution in [0.2, 0.25) is 0 Å². The average Bonchev–Trinajstić information content (AvgIpc) is 2.07. The number of alkyl halides is 7. The lowest BCUT2D eigenvalue weighted by Crippen LogP contribution is -2.37. The third kappa shape index (κ3) is 6.65. The van der Waals surface area contributed by atoms with E-state index in [4.69, 9.17) is 0 Å². The Hall–Kier alpha value is -1.02. The molecule has 0 saturated carbocycles. The Morgan fingerprint density at radius 3 is 1.94 bits per heavy atom. The average molecular weight is 284 g/mol. The molecule has 0 aromatic heterocycles. The maximum absolute atomic E-state index is 12.7. The molecular formula is C9H11F7O2. The number of carbonyl (C=O) groups is 1. The number of hydrogen-bond donors (Lipinski definition) is 0. The lowest BCUT2D eigenvalue weighted by Gasteiger charge is -2.22. The summed E-state index contributed by atoms with van der Waals surface area (Å²) < 4.78 is 88.8. The minimum absolute atomic E-state index is 0.0304. The van der Waals surface area contributed by atoms with Gasteiger partial charge in [0.25, 0.3) is 0 Å². The topological polar surface area (TPSA) is 26.3 Å². The van der Waals surface area contributed by atoms with E-state index in [9.17, 15) is 35.5 Å². The van der Waals surface area contributed by atoms with Gasteiger partial charge in [0.1, 0.15) is 6.42 Å². The SMILES string of the molecule is CC(F)(F)C(F)(F)CCCOC(=O)CC(F)(F)F. The summed E-state index contributed by atoms with van der Waals surface area (Å²) in [6, 6.07) is 0. The normalized spacial score (nSPS) is 13.6. The van der Waals surface area contributed by atoms with Crippen molar-refractivity contribution in [2.75, 3.05) is 6.61 Å². The Morgan fingerprint density at radius 2 is 1.56 bits per heavy atom. The van der Waals surface area contributed by atoms with Crippen molar-refractivity contribution in [3.8, 4) is 0 Å². The largest absolute Gasteiger partial charge is 0.465 e. The predicted molar refractivity (Wildman–Crippen MR) is 46.4 cm³/mol. The summed E-state index contributed by atoms with van der Waals surface area (Å²) in [7, 11) is 0. The van der Waals surface area contributed by atoms with Crippen molar-refractivity contribution in [3.05, 3.63) is 0 Å². The smallest absolute Gasteiger partial charge is 0.399 e. The second-order valence-electron chi connectivity index (χ2n) is 3.71. The van der Waals surface area contributed by atoms with Gasteiger partial charge < -0.3 is 4.74 Å². The van der Waals surface area contributed by atoms with Gasteiger partial charge in [-0.1, -0.05) is 0 Å². The molecule has 0 atom stereocenters. The van der Waals surface area contributed by atoms with Crippen LogP contribution in [-0.2, 0) is 9.53 Å². The van der Waals surface area contributed by atoms with Crippen LogP contribution in [0.25, 0.3) is 0 Å². The fourth-order valence-electron chi connectivity index (χ4n) is 0.914. The second kappa shape index (κ2) is 5.75. The Balaban J connectivity index is 3.92. The highest BCUT2D eigenvalue weighted by molar-refractivity contribution is 5.70. The summed E-state index contributed by atoms with van der Waals surface area (Å²) in [6.45, 7) is -0.733. The van der Waals surface area contributed by atoms with E-state index < -0.39 is 49.9 Å². The van der Waals surface area contributed by atoms with E-state index in [2.05, 4.69) is 4.74 Å². The van der Waals surface area contributed by atoms with Crippen LogP contribution >= 0.6 is 0 Å². The molecule has 0 unspecified atom stereocenters. The standard InChI is InChI=1S/C9H11F7O2/c1-7(10,11)8(12,13)3-2-4-18-6(17)5-9(14,15)16/h2-5H2,1H3. The molecule has 0 aliphatic carbocycles. The zero-order valence-corrected chi connectivity index (χ0v) is 9.29. The third-order valence-corrected chi connectivity index (χ3v) is 1.89. The number of carbonyl (C=O) groups excluding carboxylic acids is 1. The molecule has 2 nitrogen and oxygen atoms in total. The Labute approximate surface area is 98.1 Å². The van der Waals surface area contributed by atoms with Crippen LogP contribution < -0.4 is 0 Å². The maximum atomic E-state index is 12.7. The summed E-state index contributed by atoms with van der Waals surface area (Å²) in [5.41, 5.74) is 0. The van der Waals surface area contributed by atoms with E-state index in [1.54, 1.807) is 0 Å². The van der Waals surface area contributed by atoms with Crippen LogP contribution in [0.4, 0.5) is 30.7 Å². The minimum atomic E-state index is -4.75. The van der Waals surface area contributed by atoms with Crippen LogP contribution in [0.15, 0.2) is 0 Å². The van der Waals surface area contributed by atoms with E-state index in [1.165, 1.54) is 0 Å². The summed E-state index contributed by atoms with van der Waals surface area (Å²) >= 11 is 0. The van der Waals surface area contributed by atoms with Crippen molar-refractivity contribution in [2.24, 2.45) is 0 Å². The fraction of sp³-hybridized carbons (Fsp3) is 0.889.